The summed E-state index contributed by atoms with van der Waals surface area (Å²) in [6, 6.07) is 10.4. The summed E-state index contributed by atoms with van der Waals surface area (Å²) in [5, 5.41) is 9.20. The topological polar surface area (TPSA) is 70.1 Å². The monoisotopic (exact) mass is 360 g/mol. The number of carbonyl (C=O) groups excluding carboxylic acids is 1. The van der Waals surface area contributed by atoms with Gasteiger partial charge in [0.05, 0.1) is 12.5 Å². The van der Waals surface area contributed by atoms with Gasteiger partial charge in [-0.05, 0) is 37.7 Å². The van der Waals surface area contributed by atoms with Crippen LogP contribution in [0.2, 0.25) is 0 Å². The third kappa shape index (κ3) is 3.70. The van der Waals surface area contributed by atoms with E-state index in [4.69, 9.17) is 4.74 Å². The summed E-state index contributed by atoms with van der Waals surface area (Å²) in [6.07, 6.45) is 3.43. The van der Waals surface area contributed by atoms with E-state index in [1.807, 2.05) is 30.3 Å². The molecule has 6 heteroatoms. The van der Waals surface area contributed by atoms with Gasteiger partial charge in [0, 0.05) is 32.2 Å². The summed E-state index contributed by atoms with van der Waals surface area (Å²) in [5.74, 6) is -0.143. The SMILES string of the molecule is COC(=O)C1(c2ccccc2)CCC(N2CCCN(C(=O)O)CC2)CC1. The fraction of sp³-hybridized carbons (Fsp3) is 0.600. The minimum absolute atomic E-state index is 0.143. The Balaban J connectivity index is 1.68. The average Bonchev–Trinajstić information content (AvgIpc) is 2.94. The van der Waals surface area contributed by atoms with Crippen LogP contribution in [0.4, 0.5) is 4.79 Å². The Kier molecular flexibility index (Phi) is 5.81. The number of amides is 1. The first-order valence-electron chi connectivity index (χ1n) is 9.43. The zero-order valence-electron chi connectivity index (χ0n) is 15.4. The molecule has 2 aliphatic rings. The fourth-order valence-corrected chi connectivity index (χ4v) is 4.52. The van der Waals surface area contributed by atoms with Crippen LogP contribution in [0.15, 0.2) is 30.3 Å². The maximum absolute atomic E-state index is 12.6. The third-order valence-corrected chi connectivity index (χ3v) is 6.03. The van der Waals surface area contributed by atoms with E-state index in [1.165, 1.54) is 12.0 Å². The van der Waals surface area contributed by atoms with E-state index in [0.717, 1.165) is 50.8 Å². The molecule has 0 atom stereocenters. The van der Waals surface area contributed by atoms with Crippen LogP contribution >= 0.6 is 0 Å². The standard InChI is InChI=1S/C20H28N2O4/c1-26-18(23)20(16-6-3-2-4-7-16)10-8-17(9-11-20)21-12-5-13-22(15-14-21)19(24)25/h2-4,6-7,17H,5,8-15H2,1H3,(H,24,25). The highest BCUT2D eigenvalue weighted by molar-refractivity contribution is 5.83. The Morgan fingerprint density at radius 1 is 1.08 bits per heavy atom. The van der Waals surface area contributed by atoms with Gasteiger partial charge in [0.1, 0.15) is 0 Å². The molecule has 1 amide bonds. The Labute approximate surface area is 154 Å². The number of benzene rings is 1. The van der Waals surface area contributed by atoms with Crippen molar-refractivity contribution in [1.29, 1.82) is 0 Å². The molecule has 0 bridgehead atoms. The molecule has 26 heavy (non-hydrogen) atoms. The van der Waals surface area contributed by atoms with Gasteiger partial charge >= 0.3 is 12.1 Å². The van der Waals surface area contributed by atoms with E-state index < -0.39 is 11.5 Å². The van der Waals surface area contributed by atoms with Crippen LogP contribution in [0.3, 0.4) is 0 Å². The number of carbonyl (C=O) groups is 2. The van der Waals surface area contributed by atoms with Gasteiger partial charge in [-0.15, -0.1) is 0 Å². The maximum Gasteiger partial charge on any atom is 0.407 e. The first-order chi connectivity index (χ1) is 12.6. The molecule has 1 aliphatic heterocycles. The van der Waals surface area contributed by atoms with E-state index in [9.17, 15) is 14.7 Å². The third-order valence-electron chi connectivity index (χ3n) is 6.03. The van der Waals surface area contributed by atoms with Crippen molar-refractivity contribution in [3.63, 3.8) is 0 Å². The molecule has 1 saturated heterocycles. The quantitative estimate of drug-likeness (QED) is 0.840. The fourth-order valence-electron chi connectivity index (χ4n) is 4.52. The summed E-state index contributed by atoms with van der Waals surface area (Å²) >= 11 is 0. The average molecular weight is 360 g/mol. The van der Waals surface area contributed by atoms with Crippen LogP contribution in [-0.2, 0) is 14.9 Å². The van der Waals surface area contributed by atoms with Gasteiger partial charge in [-0.1, -0.05) is 30.3 Å². The molecule has 3 rings (SSSR count). The number of ether oxygens (including phenoxy) is 1. The largest absolute Gasteiger partial charge is 0.468 e. The Hall–Kier alpha value is -2.08. The molecule has 1 aromatic carbocycles. The normalized spacial score (nSPS) is 27.6. The van der Waals surface area contributed by atoms with Crippen LogP contribution in [0.5, 0.6) is 0 Å². The molecule has 6 nitrogen and oxygen atoms in total. The number of esters is 1. The Bertz CT molecular complexity index is 626. The lowest BCUT2D eigenvalue weighted by molar-refractivity contribution is -0.149. The Morgan fingerprint density at radius 3 is 2.38 bits per heavy atom. The number of rotatable bonds is 3. The van der Waals surface area contributed by atoms with Crippen molar-refractivity contribution in [2.45, 2.75) is 43.6 Å². The molecule has 1 heterocycles. The molecule has 1 saturated carbocycles. The second kappa shape index (κ2) is 8.08. The summed E-state index contributed by atoms with van der Waals surface area (Å²) in [7, 11) is 1.47. The lowest BCUT2D eigenvalue weighted by Gasteiger charge is -2.42. The number of methoxy groups -OCH3 is 1. The lowest BCUT2D eigenvalue weighted by atomic mass is 9.68. The number of nitrogens with zero attached hydrogens (tertiary/aromatic N) is 2. The van der Waals surface area contributed by atoms with Gasteiger partial charge in [0.2, 0.25) is 0 Å². The van der Waals surface area contributed by atoms with Crippen LogP contribution < -0.4 is 0 Å². The van der Waals surface area contributed by atoms with Gasteiger partial charge in [0.15, 0.2) is 0 Å². The van der Waals surface area contributed by atoms with Gasteiger partial charge < -0.3 is 14.7 Å². The van der Waals surface area contributed by atoms with Crippen molar-refractivity contribution >= 4 is 12.1 Å². The van der Waals surface area contributed by atoms with E-state index in [0.29, 0.717) is 19.1 Å². The summed E-state index contributed by atoms with van der Waals surface area (Å²) < 4.78 is 5.16. The summed E-state index contributed by atoms with van der Waals surface area (Å²) in [6.45, 7) is 2.86. The number of hydrogen-bond acceptors (Lipinski definition) is 4. The van der Waals surface area contributed by atoms with Crippen LogP contribution in [0.25, 0.3) is 0 Å². The smallest absolute Gasteiger partial charge is 0.407 e. The van der Waals surface area contributed by atoms with Crippen LogP contribution in [0, 0.1) is 0 Å². The second-order valence-corrected chi connectivity index (χ2v) is 7.33. The maximum atomic E-state index is 12.6. The molecule has 0 spiro atoms. The molecule has 2 fully saturated rings. The highest BCUT2D eigenvalue weighted by Crippen LogP contribution is 2.42. The lowest BCUT2D eigenvalue weighted by Crippen LogP contribution is -2.47. The summed E-state index contributed by atoms with van der Waals surface area (Å²) in [4.78, 5) is 27.8. The summed E-state index contributed by atoms with van der Waals surface area (Å²) in [5.41, 5.74) is 0.490. The molecule has 0 aromatic heterocycles. The number of carboxylic acid groups (broad SMARTS) is 1. The molecule has 0 radical (unpaired) electrons. The zero-order chi connectivity index (χ0) is 18.6. The molecular weight excluding hydrogens is 332 g/mol. The van der Waals surface area contributed by atoms with E-state index >= 15 is 0 Å². The van der Waals surface area contributed by atoms with E-state index in [-0.39, 0.29) is 5.97 Å². The highest BCUT2D eigenvalue weighted by atomic mass is 16.5. The zero-order valence-corrected chi connectivity index (χ0v) is 15.4. The highest BCUT2D eigenvalue weighted by Gasteiger charge is 2.45. The molecular formula is C20H28N2O4. The van der Waals surface area contributed by atoms with Gasteiger partial charge in [-0.25, -0.2) is 4.79 Å². The predicted octanol–water partition coefficient (Wildman–Crippen LogP) is 2.73. The second-order valence-electron chi connectivity index (χ2n) is 7.33. The van der Waals surface area contributed by atoms with Crippen LogP contribution in [-0.4, -0.2) is 66.3 Å². The van der Waals surface area contributed by atoms with E-state index in [1.54, 1.807) is 0 Å². The first-order valence-corrected chi connectivity index (χ1v) is 9.43. The van der Waals surface area contributed by atoms with Gasteiger partial charge in [-0.2, -0.15) is 0 Å². The first kappa shape index (κ1) is 18.7. The minimum atomic E-state index is -0.829. The van der Waals surface area contributed by atoms with Gasteiger partial charge in [0.25, 0.3) is 0 Å². The molecule has 1 N–H and O–H groups in total. The van der Waals surface area contributed by atoms with Crippen molar-refractivity contribution in [2.24, 2.45) is 0 Å². The molecule has 1 aliphatic carbocycles. The van der Waals surface area contributed by atoms with Crippen molar-refractivity contribution in [2.75, 3.05) is 33.3 Å². The molecule has 0 unspecified atom stereocenters. The van der Waals surface area contributed by atoms with Crippen molar-refractivity contribution in [1.82, 2.24) is 9.80 Å². The van der Waals surface area contributed by atoms with Crippen molar-refractivity contribution < 1.29 is 19.4 Å². The van der Waals surface area contributed by atoms with Gasteiger partial charge in [-0.3, -0.25) is 9.69 Å². The van der Waals surface area contributed by atoms with Crippen molar-refractivity contribution in [3.8, 4) is 0 Å². The molecule has 1 aromatic rings. The molecule has 142 valence electrons. The predicted molar refractivity (Wildman–Crippen MR) is 98.2 cm³/mol. The number of hydrogen-bond donors (Lipinski definition) is 1. The van der Waals surface area contributed by atoms with E-state index in [2.05, 4.69) is 4.90 Å². The van der Waals surface area contributed by atoms with Crippen molar-refractivity contribution in [3.05, 3.63) is 35.9 Å². The minimum Gasteiger partial charge on any atom is -0.468 e. The van der Waals surface area contributed by atoms with Crippen LogP contribution in [0.1, 0.15) is 37.7 Å². The Morgan fingerprint density at radius 2 is 1.77 bits per heavy atom.